The van der Waals surface area contributed by atoms with Crippen LogP contribution in [0.4, 0.5) is 0 Å². The number of rotatable bonds is 12. The first kappa shape index (κ1) is 25.8. The van der Waals surface area contributed by atoms with E-state index in [0.717, 1.165) is 0 Å². The second-order valence-corrected chi connectivity index (χ2v) is 8.85. The Labute approximate surface area is 199 Å². The third-order valence-corrected chi connectivity index (χ3v) is 5.97. The Hall–Kier alpha value is -3.82. The Kier molecular flexibility index (Phi) is 8.51. The van der Waals surface area contributed by atoms with Crippen molar-refractivity contribution in [3.63, 3.8) is 0 Å². The zero-order chi connectivity index (χ0) is 25.4. The maximum atomic E-state index is 13.1. The highest BCUT2D eigenvalue weighted by molar-refractivity contribution is 7.48. The van der Waals surface area contributed by atoms with Gasteiger partial charge in [-0.25, -0.2) is 4.57 Å². The van der Waals surface area contributed by atoms with Crippen LogP contribution in [0.3, 0.4) is 0 Å². The van der Waals surface area contributed by atoms with E-state index in [1.165, 1.54) is 72.8 Å². The molecule has 35 heavy (non-hydrogen) atoms. The van der Waals surface area contributed by atoms with Crippen molar-refractivity contribution in [3.05, 3.63) is 89.5 Å². The average Bonchev–Trinajstić information content (AvgIpc) is 2.86. The first-order chi connectivity index (χ1) is 16.6. The van der Waals surface area contributed by atoms with Crippen molar-refractivity contribution in [3.8, 4) is 17.2 Å². The van der Waals surface area contributed by atoms with Crippen LogP contribution in [-0.4, -0.2) is 52.5 Å². The molecule has 182 valence electrons. The molecule has 0 unspecified atom stereocenters. The fourth-order valence-corrected chi connectivity index (χ4v) is 3.77. The summed E-state index contributed by atoms with van der Waals surface area (Å²) >= 11 is 0. The minimum absolute atomic E-state index is 0.0553. The third kappa shape index (κ3) is 7.59. The highest BCUT2D eigenvalue weighted by Crippen LogP contribution is 2.49. The lowest BCUT2D eigenvalue weighted by atomic mass is 10.1. The normalized spacial score (nSPS) is 11.2. The summed E-state index contributed by atoms with van der Waals surface area (Å²) in [7, 11) is -4.58. The Morgan fingerprint density at radius 1 is 0.514 bits per heavy atom. The van der Waals surface area contributed by atoms with Gasteiger partial charge in [-0.15, -0.1) is 0 Å². The molecule has 0 saturated heterocycles. The molecule has 0 fully saturated rings. The number of aromatic hydroxyl groups is 3. The van der Waals surface area contributed by atoms with Crippen LogP contribution >= 0.6 is 7.82 Å². The molecule has 0 saturated carbocycles. The largest absolute Gasteiger partial charge is 0.508 e. The predicted molar refractivity (Wildman–Crippen MR) is 123 cm³/mol. The summed E-state index contributed by atoms with van der Waals surface area (Å²) < 4.78 is 28.4. The molecule has 0 bridgehead atoms. The highest BCUT2D eigenvalue weighted by Gasteiger charge is 2.31. The molecule has 3 rings (SSSR count). The lowest BCUT2D eigenvalue weighted by molar-refractivity contribution is 0.0697. The van der Waals surface area contributed by atoms with E-state index in [9.17, 15) is 34.3 Å². The number of phenolic OH excluding ortho intramolecular Hbond substituents is 3. The van der Waals surface area contributed by atoms with Gasteiger partial charge in [0.1, 0.15) is 37.1 Å². The van der Waals surface area contributed by atoms with E-state index in [2.05, 4.69) is 0 Å². The quantitative estimate of drug-likeness (QED) is 0.246. The maximum Gasteiger partial charge on any atom is 0.476 e. The van der Waals surface area contributed by atoms with Gasteiger partial charge in [-0.3, -0.25) is 28.0 Å². The average molecular weight is 500 g/mol. The first-order valence-electron chi connectivity index (χ1n) is 10.2. The van der Waals surface area contributed by atoms with E-state index in [1.54, 1.807) is 0 Å². The number of hydrogen-bond donors (Lipinski definition) is 3. The van der Waals surface area contributed by atoms with Gasteiger partial charge in [-0.05, 0) is 72.8 Å². The van der Waals surface area contributed by atoms with Crippen molar-refractivity contribution < 1.29 is 47.8 Å². The Balaban J connectivity index is 1.69. The molecule has 3 aromatic carbocycles. The molecule has 0 amide bonds. The highest BCUT2D eigenvalue weighted by atomic mass is 31.2. The number of hydrogen-bond acceptors (Lipinski definition) is 10. The number of phenols is 3. The van der Waals surface area contributed by atoms with Gasteiger partial charge < -0.3 is 15.3 Å². The molecule has 10 nitrogen and oxygen atoms in total. The van der Waals surface area contributed by atoms with Gasteiger partial charge in [-0.2, -0.15) is 0 Å². The number of benzene rings is 3. The zero-order valence-electron chi connectivity index (χ0n) is 18.2. The van der Waals surface area contributed by atoms with Crippen LogP contribution in [0.2, 0.25) is 0 Å². The van der Waals surface area contributed by atoms with E-state index < -0.39 is 45.0 Å². The Morgan fingerprint density at radius 3 is 0.971 bits per heavy atom. The van der Waals surface area contributed by atoms with Gasteiger partial charge in [0.15, 0.2) is 17.3 Å². The number of Topliss-reactive ketones (excluding diaryl/α,β-unsaturated/α-hetero) is 3. The third-order valence-electron chi connectivity index (χ3n) is 4.63. The zero-order valence-corrected chi connectivity index (χ0v) is 19.1. The summed E-state index contributed by atoms with van der Waals surface area (Å²) in [5.41, 5.74) is 0.444. The van der Waals surface area contributed by atoms with E-state index in [1.807, 2.05) is 0 Å². The molecule has 0 aliphatic heterocycles. The van der Waals surface area contributed by atoms with Crippen LogP contribution in [0.5, 0.6) is 17.2 Å². The Bertz CT molecular complexity index is 1080. The van der Waals surface area contributed by atoms with Crippen molar-refractivity contribution in [2.45, 2.75) is 0 Å². The summed E-state index contributed by atoms with van der Waals surface area (Å²) in [6.07, 6.45) is 0. The molecular weight excluding hydrogens is 479 g/mol. The summed E-state index contributed by atoms with van der Waals surface area (Å²) in [5, 5.41) is 28.0. The number of carbonyl (C=O) groups is 3. The van der Waals surface area contributed by atoms with Gasteiger partial charge >= 0.3 is 7.82 Å². The van der Waals surface area contributed by atoms with Crippen molar-refractivity contribution in [2.75, 3.05) is 19.8 Å². The second kappa shape index (κ2) is 11.5. The smallest absolute Gasteiger partial charge is 0.476 e. The number of phosphoric ester groups is 1. The summed E-state index contributed by atoms with van der Waals surface area (Å²) in [6.45, 7) is -2.28. The minimum atomic E-state index is -4.58. The van der Waals surface area contributed by atoms with Crippen molar-refractivity contribution in [1.29, 1.82) is 0 Å². The van der Waals surface area contributed by atoms with E-state index in [-0.39, 0.29) is 33.9 Å². The van der Waals surface area contributed by atoms with Crippen LogP contribution in [-0.2, 0) is 18.1 Å². The predicted octanol–water partition coefficient (Wildman–Crippen LogP) is 3.91. The number of carbonyl (C=O) groups excluding carboxylic acids is 3. The second-order valence-electron chi connectivity index (χ2n) is 7.18. The van der Waals surface area contributed by atoms with Gasteiger partial charge in [0.25, 0.3) is 0 Å². The van der Waals surface area contributed by atoms with E-state index in [4.69, 9.17) is 13.6 Å². The fourth-order valence-electron chi connectivity index (χ4n) is 2.72. The number of phosphoric acid groups is 1. The summed E-state index contributed by atoms with van der Waals surface area (Å²) in [5.74, 6) is -2.02. The maximum absolute atomic E-state index is 13.1. The molecule has 0 heterocycles. The lowest BCUT2D eigenvalue weighted by Gasteiger charge is -2.17. The van der Waals surface area contributed by atoms with Crippen molar-refractivity contribution in [2.24, 2.45) is 0 Å². The molecule has 0 aliphatic rings. The van der Waals surface area contributed by atoms with Crippen molar-refractivity contribution in [1.82, 2.24) is 0 Å². The van der Waals surface area contributed by atoms with Crippen LogP contribution < -0.4 is 0 Å². The molecule has 3 N–H and O–H groups in total. The van der Waals surface area contributed by atoms with Gasteiger partial charge in [0, 0.05) is 16.7 Å². The molecule has 11 heteroatoms. The van der Waals surface area contributed by atoms with Crippen LogP contribution in [0, 0.1) is 0 Å². The molecule has 0 radical (unpaired) electrons. The molecule has 0 spiro atoms. The van der Waals surface area contributed by atoms with Gasteiger partial charge in [0.2, 0.25) is 0 Å². The topological polar surface area (TPSA) is 157 Å². The fraction of sp³-hybridized carbons (Fsp3) is 0.125. The van der Waals surface area contributed by atoms with Gasteiger partial charge in [0.05, 0.1) is 0 Å². The molecule has 0 atom stereocenters. The van der Waals surface area contributed by atoms with Crippen LogP contribution in [0.1, 0.15) is 31.1 Å². The van der Waals surface area contributed by atoms with Crippen LogP contribution in [0.15, 0.2) is 72.8 Å². The number of ketones is 3. The van der Waals surface area contributed by atoms with Gasteiger partial charge in [-0.1, -0.05) is 0 Å². The molecule has 0 aliphatic carbocycles. The van der Waals surface area contributed by atoms with Crippen LogP contribution in [0.25, 0.3) is 0 Å². The van der Waals surface area contributed by atoms with E-state index >= 15 is 0 Å². The SMILES string of the molecule is O=C(COP(=O)(OCC(=O)c1ccc(O)cc1)OCC(=O)c1ccc(O)cc1)c1ccc(O)cc1. The minimum Gasteiger partial charge on any atom is -0.508 e. The van der Waals surface area contributed by atoms with E-state index in [0.29, 0.717) is 0 Å². The summed E-state index contributed by atoms with van der Waals surface area (Å²) in [4.78, 5) is 37.1. The van der Waals surface area contributed by atoms with Crippen molar-refractivity contribution >= 4 is 25.2 Å². The Morgan fingerprint density at radius 2 is 0.743 bits per heavy atom. The molecule has 3 aromatic rings. The standard InChI is InChI=1S/C24H21O10P/c25-19-7-1-16(2-8-19)22(28)13-32-35(31,33-14-23(29)17-3-9-20(26)10-4-17)34-15-24(30)18-5-11-21(27)12-6-18/h1-12,25-27H,13-15H2. The lowest BCUT2D eigenvalue weighted by Crippen LogP contribution is -2.16. The monoisotopic (exact) mass is 500 g/mol. The molecule has 0 aromatic heterocycles. The summed E-state index contributed by atoms with van der Waals surface area (Å²) in [6, 6.07) is 15.7. The molecular formula is C24H21O10P. The first-order valence-corrected chi connectivity index (χ1v) is 11.6.